The molecule has 224 valence electrons. The predicted octanol–water partition coefficient (Wildman–Crippen LogP) is 11.7. The lowest BCUT2D eigenvalue weighted by Crippen LogP contribution is -2.02. The maximum Gasteiger partial charge on any atom is 0.147 e. The molecule has 6 aromatic heterocycles. The quantitative estimate of drug-likeness (QED) is 0.193. The Labute approximate surface area is 278 Å². The van der Waals surface area contributed by atoms with Crippen molar-refractivity contribution in [1.29, 1.82) is 0 Å². The number of hydrogen-bond donors (Lipinski definition) is 0. The first-order valence-corrected chi connectivity index (χ1v) is 17.5. The first-order valence-electron chi connectivity index (χ1n) is 15.8. The summed E-state index contributed by atoms with van der Waals surface area (Å²) in [5, 5.41) is 6.30. The second-order valence-corrected chi connectivity index (χ2v) is 14.5. The Balaban J connectivity index is 1.28. The van der Waals surface area contributed by atoms with E-state index in [0.29, 0.717) is 0 Å². The molecule has 10 rings (SSSR count). The van der Waals surface area contributed by atoms with Crippen molar-refractivity contribution in [2.45, 2.75) is 20.8 Å². The number of fused-ring (bicyclic) bond motifs is 9. The van der Waals surface area contributed by atoms with Gasteiger partial charge in [-0.15, -0.1) is 22.7 Å². The van der Waals surface area contributed by atoms with Gasteiger partial charge in [-0.05, 0) is 98.1 Å². The maximum atomic E-state index is 4.88. The Kier molecular flexibility index (Phi) is 5.63. The van der Waals surface area contributed by atoms with Crippen LogP contribution in [0.5, 0.6) is 0 Å². The molecule has 0 saturated heterocycles. The fraction of sp³-hybridized carbons (Fsp3) is 0.0732. The van der Waals surface area contributed by atoms with E-state index in [1.54, 1.807) is 0 Å². The number of aromatic nitrogens is 4. The van der Waals surface area contributed by atoms with E-state index in [1.807, 2.05) is 47.2 Å². The zero-order valence-corrected chi connectivity index (χ0v) is 27.7. The van der Waals surface area contributed by atoms with Crippen LogP contribution >= 0.6 is 22.7 Å². The number of hydrogen-bond acceptors (Lipinski definition) is 4. The van der Waals surface area contributed by atoms with Gasteiger partial charge in [0.2, 0.25) is 0 Å². The van der Waals surface area contributed by atoms with Crippen molar-refractivity contribution in [1.82, 2.24) is 19.1 Å². The van der Waals surface area contributed by atoms with E-state index in [2.05, 4.69) is 121 Å². The second kappa shape index (κ2) is 9.85. The minimum atomic E-state index is 0.932. The van der Waals surface area contributed by atoms with Gasteiger partial charge in [0.15, 0.2) is 0 Å². The number of nitrogens with zero attached hydrogens (tertiary/aromatic N) is 4. The lowest BCUT2D eigenvalue weighted by Gasteiger charge is -2.15. The Morgan fingerprint density at radius 1 is 0.532 bits per heavy atom. The van der Waals surface area contributed by atoms with Crippen molar-refractivity contribution in [2.24, 2.45) is 0 Å². The van der Waals surface area contributed by atoms with Crippen LogP contribution in [0.25, 0.3) is 84.9 Å². The van der Waals surface area contributed by atoms with Crippen molar-refractivity contribution >= 4 is 85.1 Å². The Morgan fingerprint density at radius 3 is 2.06 bits per heavy atom. The SMILES string of the molecule is Cc1c(-n2c3cccnc3c3cccnc32)c(C)n(-c2cc(-c3ccc4sc5ccccc5c4c3)cc3c2sc2ccccc23)c1C. The van der Waals surface area contributed by atoms with Gasteiger partial charge in [0.05, 0.1) is 27.1 Å². The van der Waals surface area contributed by atoms with Crippen LogP contribution in [0, 0.1) is 20.8 Å². The minimum Gasteiger partial charge on any atom is -0.315 e. The molecule has 0 amide bonds. The topological polar surface area (TPSA) is 35.6 Å². The average molecular weight is 641 g/mol. The molecule has 47 heavy (non-hydrogen) atoms. The molecule has 0 spiro atoms. The first kappa shape index (κ1) is 26.9. The normalized spacial score (nSPS) is 12.1. The fourth-order valence-corrected chi connectivity index (χ4v) is 9.87. The number of thiophene rings is 2. The van der Waals surface area contributed by atoms with Crippen LogP contribution in [-0.4, -0.2) is 19.1 Å². The summed E-state index contributed by atoms with van der Waals surface area (Å²) >= 11 is 3.74. The highest BCUT2D eigenvalue weighted by Gasteiger charge is 2.24. The van der Waals surface area contributed by atoms with E-state index in [0.717, 1.165) is 22.1 Å². The average Bonchev–Trinajstić information content (AvgIpc) is 3.82. The smallest absolute Gasteiger partial charge is 0.147 e. The molecule has 0 bridgehead atoms. The van der Waals surface area contributed by atoms with Gasteiger partial charge in [0, 0.05) is 64.8 Å². The maximum absolute atomic E-state index is 4.88. The molecule has 4 aromatic carbocycles. The molecule has 0 radical (unpaired) electrons. The molecule has 0 aliphatic rings. The second-order valence-electron chi connectivity index (χ2n) is 12.3. The van der Waals surface area contributed by atoms with Crippen LogP contribution in [-0.2, 0) is 0 Å². The molecule has 0 aliphatic heterocycles. The third-order valence-electron chi connectivity index (χ3n) is 9.83. The van der Waals surface area contributed by atoms with Gasteiger partial charge in [-0.1, -0.05) is 42.5 Å². The third-order valence-corrected chi connectivity index (χ3v) is 12.2. The lowest BCUT2D eigenvalue weighted by molar-refractivity contribution is 0.962. The molecule has 0 atom stereocenters. The molecule has 0 saturated carbocycles. The van der Waals surface area contributed by atoms with Crippen LogP contribution in [0.15, 0.2) is 116 Å². The fourth-order valence-electron chi connectivity index (χ4n) is 7.59. The molecule has 6 heterocycles. The summed E-state index contributed by atoms with van der Waals surface area (Å²) in [6.07, 6.45) is 3.75. The van der Waals surface area contributed by atoms with Crippen molar-refractivity contribution in [3.05, 3.63) is 132 Å². The molecule has 0 N–H and O–H groups in total. The van der Waals surface area contributed by atoms with Gasteiger partial charge in [-0.25, -0.2) is 4.98 Å². The van der Waals surface area contributed by atoms with Crippen molar-refractivity contribution in [3.8, 4) is 22.5 Å². The van der Waals surface area contributed by atoms with Gasteiger partial charge in [-0.3, -0.25) is 9.55 Å². The van der Waals surface area contributed by atoms with E-state index < -0.39 is 0 Å². The van der Waals surface area contributed by atoms with E-state index in [1.165, 1.54) is 79.8 Å². The van der Waals surface area contributed by atoms with Gasteiger partial charge >= 0.3 is 0 Å². The molecule has 6 heteroatoms. The summed E-state index contributed by atoms with van der Waals surface area (Å²) in [6.45, 7) is 6.75. The van der Waals surface area contributed by atoms with Crippen LogP contribution in [0.2, 0.25) is 0 Å². The monoisotopic (exact) mass is 640 g/mol. The van der Waals surface area contributed by atoms with Crippen LogP contribution in [0.3, 0.4) is 0 Å². The number of benzene rings is 4. The van der Waals surface area contributed by atoms with Crippen LogP contribution in [0.1, 0.15) is 17.0 Å². The Bertz CT molecular complexity index is 2840. The molecule has 4 nitrogen and oxygen atoms in total. The van der Waals surface area contributed by atoms with Crippen LogP contribution in [0.4, 0.5) is 0 Å². The summed E-state index contributed by atoms with van der Waals surface area (Å²) in [6, 6.07) is 37.6. The standard InChI is InChI=1S/C41H28N4S2/c1-23-24(2)44(25(3)39(23)45-33-13-9-18-42-38(33)30-12-8-19-43-41(30)45)34-22-27(21-32-29-11-5-7-15-36(29)47-40(32)34)26-16-17-37-31(20-26)28-10-4-6-14-35(28)46-37/h4-22H,1-3H3. The van der Waals surface area contributed by atoms with E-state index in [4.69, 9.17) is 9.97 Å². The summed E-state index contributed by atoms with van der Waals surface area (Å²) in [7, 11) is 0. The van der Waals surface area contributed by atoms with E-state index in [9.17, 15) is 0 Å². The summed E-state index contributed by atoms with van der Waals surface area (Å²) in [5.41, 5.74) is 11.5. The molecule has 10 aromatic rings. The van der Waals surface area contributed by atoms with E-state index >= 15 is 0 Å². The zero-order valence-electron chi connectivity index (χ0n) is 26.1. The van der Waals surface area contributed by atoms with Gasteiger partial charge < -0.3 is 4.57 Å². The largest absolute Gasteiger partial charge is 0.315 e. The van der Waals surface area contributed by atoms with Crippen molar-refractivity contribution in [3.63, 3.8) is 0 Å². The third kappa shape index (κ3) is 3.74. The highest BCUT2D eigenvalue weighted by molar-refractivity contribution is 7.26. The highest BCUT2D eigenvalue weighted by atomic mass is 32.1. The van der Waals surface area contributed by atoms with Crippen molar-refractivity contribution in [2.75, 3.05) is 0 Å². The molecule has 0 fully saturated rings. The summed E-state index contributed by atoms with van der Waals surface area (Å²) in [5.74, 6) is 0. The van der Waals surface area contributed by atoms with Gasteiger partial charge in [0.1, 0.15) is 5.65 Å². The zero-order chi connectivity index (χ0) is 31.4. The molecule has 0 aliphatic carbocycles. The van der Waals surface area contributed by atoms with Gasteiger partial charge in [-0.2, -0.15) is 0 Å². The summed E-state index contributed by atoms with van der Waals surface area (Å²) in [4.78, 5) is 9.66. The van der Waals surface area contributed by atoms with Crippen LogP contribution < -0.4 is 0 Å². The molecule has 0 unspecified atom stereocenters. The Morgan fingerprint density at radius 2 is 1.21 bits per heavy atom. The van der Waals surface area contributed by atoms with Crippen molar-refractivity contribution < 1.29 is 0 Å². The molecular formula is C41H28N4S2. The summed E-state index contributed by atoms with van der Waals surface area (Å²) < 4.78 is 10.0. The van der Waals surface area contributed by atoms with E-state index in [-0.39, 0.29) is 0 Å². The van der Waals surface area contributed by atoms with Gasteiger partial charge in [0.25, 0.3) is 0 Å². The Hall–Kier alpha value is -5.30. The predicted molar refractivity (Wildman–Crippen MR) is 201 cm³/mol. The number of rotatable bonds is 3. The minimum absolute atomic E-state index is 0.932. The number of pyridine rings is 2. The highest BCUT2D eigenvalue weighted by Crippen LogP contribution is 2.44. The first-order chi connectivity index (χ1) is 23.1. The molecular weight excluding hydrogens is 613 g/mol. The lowest BCUT2D eigenvalue weighted by atomic mass is 9.99.